The predicted octanol–water partition coefficient (Wildman–Crippen LogP) is 6.28. The van der Waals surface area contributed by atoms with Crippen LogP contribution < -0.4 is 0 Å². The first-order valence-electron chi connectivity index (χ1n) is 16.2. The molecule has 1 spiro atoms. The van der Waals surface area contributed by atoms with Gasteiger partial charge in [0.05, 0.1) is 37.1 Å². The van der Waals surface area contributed by atoms with Gasteiger partial charge in [0.2, 0.25) is 5.91 Å². The smallest absolute Gasteiger partial charge is 0.402 e. The maximum absolute atomic E-state index is 13.7. The Morgan fingerprint density at radius 2 is 1.55 bits per heavy atom. The first-order valence-corrected chi connectivity index (χ1v) is 16.2. The molecule has 2 aliphatic rings. The van der Waals surface area contributed by atoms with Crippen LogP contribution in [-0.2, 0) is 22.7 Å². The number of carbonyl (C=O) groups excluding carboxylic acids is 2. The number of rotatable bonds is 10. The SMILES string of the molecule is CC(C)(C(=O)N1CC2(CN(C(=O)c3cnn(Cc4ccc(F)cc4)c3)C[C@H]2COCc2cccc(-c3ccc(F)cc3)c2C(=O)O)C1)C(F)(F)F. The molecule has 9 nitrogen and oxygen atoms in total. The molecule has 14 heteroatoms. The number of hydrogen-bond donors (Lipinski definition) is 1. The van der Waals surface area contributed by atoms with Gasteiger partial charge in [0.15, 0.2) is 0 Å². The molecule has 0 radical (unpaired) electrons. The molecule has 268 valence electrons. The van der Waals surface area contributed by atoms with Crippen LogP contribution in [-0.4, -0.2) is 81.4 Å². The van der Waals surface area contributed by atoms with Gasteiger partial charge in [-0.1, -0.05) is 42.5 Å². The molecule has 0 aliphatic carbocycles. The van der Waals surface area contributed by atoms with E-state index in [1.54, 1.807) is 41.4 Å². The number of halogens is 5. The highest BCUT2D eigenvalue weighted by atomic mass is 19.4. The number of nitrogens with zero attached hydrogens (tertiary/aromatic N) is 4. The number of ether oxygens (including phenoxy) is 1. The van der Waals surface area contributed by atoms with E-state index in [4.69, 9.17) is 4.74 Å². The maximum atomic E-state index is 13.7. The summed E-state index contributed by atoms with van der Waals surface area (Å²) in [7, 11) is 0. The number of benzene rings is 3. The van der Waals surface area contributed by atoms with Gasteiger partial charge in [0, 0.05) is 43.7 Å². The van der Waals surface area contributed by atoms with Gasteiger partial charge in [0.1, 0.15) is 17.0 Å². The number of aromatic carboxylic acids is 1. The molecule has 3 heterocycles. The molecule has 2 amide bonds. The Labute approximate surface area is 290 Å². The van der Waals surface area contributed by atoms with Crippen molar-refractivity contribution in [2.75, 3.05) is 32.8 Å². The van der Waals surface area contributed by atoms with Crippen molar-refractivity contribution in [1.82, 2.24) is 19.6 Å². The summed E-state index contributed by atoms with van der Waals surface area (Å²) in [5, 5.41) is 14.4. The lowest BCUT2D eigenvalue weighted by Crippen LogP contribution is -2.66. The van der Waals surface area contributed by atoms with E-state index < -0.39 is 40.6 Å². The van der Waals surface area contributed by atoms with Crippen LogP contribution >= 0.6 is 0 Å². The summed E-state index contributed by atoms with van der Waals surface area (Å²) in [5.41, 5.74) is -1.10. The molecular formula is C37H35F5N4O5. The van der Waals surface area contributed by atoms with E-state index in [0.29, 0.717) is 23.2 Å². The second kappa shape index (κ2) is 13.5. The van der Waals surface area contributed by atoms with Crippen LogP contribution in [0.3, 0.4) is 0 Å². The van der Waals surface area contributed by atoms with Crippen LogP contribution in [0.4, 0.5) is 22.0 Å². The minimum absolute atomic E-state index is 0.0190. The van der Waals surface area contributed by atoms with Crippen molar-refractivity contribution in [3.8, 4) is 11.1 Å². The van der Waals surface area contributed by atoms with Crippen LogP contribution in [0, 0.1) is 28.4 Å². The third-order valence-electron chi connectivity index (χ3n) is 9.88. The normalized spacial score (nSPS) is 17.1. The molecule has 1 aromatic heterocycles. The Morgan fingerprint density at radius 3 is 2.18 bits per heavy atom. The quantitative estimate of drug-likeness (QED) is 0.195. The van der Waals surface area contributed by atoms with E-state index in [1.807, 2.05) is 0 Å². The molecule has 0 unspecified atom stereocenters. The average Bonchev–Trinajstić information content (AvgIpc) is 3.69. The van der Waals surface area contributed by atoms with E-state index >= 15 is 0 Å². The minimum atomic E-state index is -4.76. The number of carbonyl (C=O) groups is 3. The van der Waals surface area contributed by atoms with Gasteiger partial charge < -0.3 is 19.6 Å². The maximum Gasteiger partial charge on any atom is 0.402 e. The number of carboxylic acids is 1. The van der Waals surface area contributed by atoms with Crippen LogP contribution in [0.5, 0.6) is 0 Å². The van der Waals surface area contributed by atoms with Gasteiger partial charge in [-0.2, -0.15) is 18.3 Å². The summed E-state index contributed by atoms with van der Waals surface area (Å²) >= 11 is 0. The summed E-state index contributed by atoms with van der Waals surface area (Å²) in [5.74, 6) is -3.87. The summed E-state index contributed by atoms with van der Waals surface area (Å²) in [6, 6.07) is 16.2. The van der Waals surface area contributed by atoms with Gasteiger partial charge >= 0.3 is 12.1 Å². The standard InChI is InChI=1S/C37H35F5N4O5/c1-35(2,37(40,41)42)34(50)45-21-36(22-45)20-44(32(47)26-14-43-46(16-26)15-23-6-10-28(38)11-7-23)17-27(36)19-51-18-25-4-3-5-30(31(25)33(48)49)24-8-12-29(39)13-9-24/h3-14,16,27H,15,17-22H2,1-2H3,(H,48,49)/t27-/m0/s1. The molecule has 4 aromatic rings. The first kappa shape index (κ1) is 35.7. The van der Waals surface area contributed by atoms with Crippen molar-refractivity contribution in [3.63, 3.8) is 0 Å². The molecule has 6 rings (SSSR count). The number of likely N-dealkylation sites (tertiary alicyclic amines) is 2. The average molecular weight is 711 g/mol. The molecule has 2 saturated heterocycles. The molecule has 1 atom stereocenters. The lowest BCUT2D eigenvalue weighted by atomic mass is 9.70. The molecular weight excluding hydrogens is 675 g/mol. The van der Waals surface area contributed by atoms with Gasteiger partial charge in [-0.05, 0) is 60.4 Å². The van der Waals surface area contributed by atoms with E-state index in [2.05, 4.69) is 5.10 Å². The molecule has 51 heavy (non-hydrogen) atoms. The monoisotopic (exact) mass is 710 g/mol. The molecule has 3 aromatic carbocycles. The van der Waals surface area contributed by atoms with Crippen molar-refractivity contribution >= 4 is 17.8 Å². The Hall–Kier alpha value is -5.11. The number of hydrogen-bond acceptors (Lipinski definition) is 5. The van der Waals surface area contributed by atoms with E-state index in [-0.39, 0.29) is 62.2 Å². The minimum Gasteiger partial charge on any atom is -0.478 e. The van der Waals surface area contributed by atoms with Crippen LogP contribution in [0.25, 0.3) is 11.1 Å². The molecule has 2 fully saturated rings. The van der Waals surface area contributed by atoms with Crippen molar-refractivity contribution in [1.29, 1.82) is 0 Å². The van der Waals surface area contributed by atoms with Crippen LogP contribution in [0.1, 0.15) is 45.7 Å². The third kappa shape index (κ3) is 7.09. The summed E-state index contributed by atoms with van der Waals surface area (Å²) in [4.78, 5) is 41.8. The summed E-state index contributed by atoms with van der Waals surface area (Å²) in [6.07, 6.45) is -1.79. The van der Waals surface area contributed by atoms with Crippen molar-refractivity contribution in [3.05, 3.63) is 113 Å². The number of amides is 2. The Morgan fingerprint density at radius 1 is 0.922 bits per heavy atom. The lowest BCUT2D eigenvalue weighted by molar-refractivity contribution is -0.223. The fourth-order valence-corrected chi connectivity index (χ4v) is 6.82. The fourth-order valence-electron chi connectivity index (χ4n) is 6.82. The Kier molecular flexibility index (Phi) is 9.49. The highest BCUT2D eigenvalue weighted by Crippen LogP contribution is 2.48. The molecule has 1 N–H and O–H groups in total. The Balaban J connectivity index is 1.20. The molecule has 2 aliphatic heterocycles. The van der Waals surface area contributed by atoms with Crippen molar-refractivity contribution in [2.45, 2.75) is 33.2 Å². The van der Waals surface area contributed by atoms with Gasteiger partial charge in [-0.3, -0.25) is 14.3 Å². The highest BCUT2D eigenvalue weighted by Gasteiger charge is 2.61. The molecule has 0 saturated carbocycles. The van der Waals surface area contributed by atoms with Gasteiger partial charge in [-0.25, -0.2) is 13.6 Å². The zero-order valence-corrected chi connectivity index (χ0v) is 27.8. The summed E-state index contributed by atoms with van der Waals surface area (Å²) in [6.45, 7) is 2.16. The number of carboxylic acid groups (broad SMARTS) is 1. The van der Waals surface area contributed by atoms with Crippen LogP contribution in [0.2, 0.25) is 0 Å². The fraction of sp³-hybridized carbons (Fsp3) is 0.351. The highest BCUT2D eigenvalue weighted by molar-refractivity contribution is 5.97. The number of aromatic nitrogens is 2. The predicted molar refractivity (Wildman–Crippen MR) is 174 cm³/mol. The zero-order chi connectivity index (χ0) is 36.7. The number of alkyl halides is 3. The van der Waals surface area contributed by atoms with E-state index in [1.165, 1.54) is 47.3 Å². The van der Waals surface area contributed by atoms with Gasteiger partial charge in [0.25, 0.3) is 5.91 Å². The second-order valence-electron chi connectivity index (χ2n) is 13.7. The van der Waals surface area contributed by atoms with Crippen molar-refractivity contribution < 1.29 is 46.2 Å². The Bertz CT molecular complexity index is 1940. The third-order valence-corrected chi connectivity index (χ3v) is 9.88. The van der Waals surface area contributed by atoms with E-state index in [9.17, 15) is 41.4 Å². The zero-order valence-electron chi connectivity index (χ0n) is 27.8. The second-order valence-corrected chi connectivity index (χ2v) is 13.7. The van der Waals surface area contributed by atoms with Gasteiger partial charge in [-0.15, -0.1) is 0 Å². The summed E-state index contributed by atoms with van der Waals surface area (Å²) < 4.78 is 75.7. The molecule has 0 bridgehead atoms. The van der Waals surface area contributed by atoms with E-state index in [0.717, 1.165) is 24.3 Å². The topological polar surface area (TPSA) is 105 Å². The van der Waals surface area contributed by atoms with Crippen molar-refractivity contribution in [2.24, 2.45) is 16.7 Å². The lowest BCUT2D eigenvalue weighted by Gasteiger charge is -2.52. The first-order chi connectivity index (χ1) is 24.1. The van der Waals surface area contributed by atoms with Crippen LogP contribution in [0.15, 0.2) is 79.1 Å². The largest absolute Gasteiger partial charge is 0.478 e.